The Kier molecular flexibility index (Phi) is 6.88. The Morgan fingerprint density at radius 1 is 1.15 bits per heavy atom. The number of carboxylic acids is 1. The van der Waals surface area contributed by atoms with Gasteiger partial charge in [0, 0.05) is 28.9 Å². The number of fused-ring (bicyclic) bond motifs is 6. The molecule has 1 amide bonds. The first-order chi connectivity index (χ1) is 19.5. The van der Waals surface area contributed by atoms with E-state index >= 15 is 0 Å². The van der Waals surface area contributed by atoms with Gasteiger partial charge < -0.3 is 25.4 Å². The number of amides is 1. The van der Waals surface area contributed by atoms with Crippen LogP contribution in [0.5, 0.6) is 0 Å². The summed E-state index contributed by atoms with van der Waals surface area (Å²) in [6.07, 6.45) is 14.6. The van der Waals surface area contributed by atoms with Crippen LogP contribution >= 0.6 is 0 Å². The third-order valence-electron chi connectivity index (χ3n) is 11.2. The number of nitrogens with zero attached hydrogens (tertiary/aromatic N) is 1. The monoisotopic (exact) mass is 559 g/mol. The first-order valence-corrected chi connectivity index (χ1v) is 14.9. The van der Waals surface area contributed by atoms with Gasteiger partial charge in [-0.3, -0.25) is 4.79 Å². The van der Waals surface area contributed by atoms with Gasteiger partial charge in [-0.25, -0.2) is 4.79 Å². The van der Waals surface area contributed by atoms with Gasteiger partial charge in [-0.05, 0) is 92.4 Å². The number of hydrogen-bond donors (Lipinski definition) is 4. The molecule has 8 heteroatoms. The first-order valence-electron chi connectivity index (χ1n) is 14.9. The minimum absolute atomic E-state index is 0.000224. The molecular weight excluding hydrogens is 518 g/mol. The van der Waals surface area contributed by atoms with Crippen molar-refractivity contribution in [2.45, 2.75) is 77.4 Å². The maximum Gasteiger partial charge on any atom is 0.326 e. The molecule has 1 aromatic heterocycles. The van der Waals surface area contributed by atoms with Gasteiger partial charge in [0.1, 0.15) is 11.8 Å². The summed E-state index contributed by atoms with van der Waals surface area (Å²) in [7, 11) is 0. The molecule has 7 atom stereocenters. The zero-order valence-corrected chi connectivity index (χ0v) is 24.2. The number of hydrogen-bond acceptors (Lipinski definition) is 5. The van der Waals surface area contributed by atoms with E-state index in [1.807, 2.05) is 37.3 Å². The summed E-state index contributed by atoms with van der Waals surface area (Å²) in [6, 6.07) is 6.58. The predicted molar refractivity (Wildman–Crippen MR) is 157 cm³/mol. The van der Waals surface area contributed by atoms with E-state index in [2.05, 4.69) is 41.5 Å². The van der Waals surface area contributed by atoms with E-state index in [4.69, 9.17) is 4.84 Å². The summed E-state index contributed by atoms with van der Waals surface area (Å²) in [4.78, 5) is 33.0. The molecule has 4 aliphatic carbocycles. The molecule has 0 bridgehead atoms. The van der Waals surface area contributed by atoms with E-state index < -0.39 is 23.5 Å². The number of benzene rings is 1. The minimum Gasteiger partial charge on any atom is -0.480 e. The zero-order chi connectivity index (χ0) is 29.0. The second-order valence-corrected chi connectivity index (χ2v) is 13.3. The lowest BCUT2D eigenvalue weighted by Crippen LogP contribution is -2.53. The number of aliphatic carboxylic acids is 1. The van der Waals surface area contributed by atoms with Gasteiger partial charge >= 0.3 is 5.97 Å². The smallest absolute Gasteiger partial charge is 0.326 e. The summed E-state index contributed by atoms with van der Waals surface area (Å²) >= 11 is 0. The molecule has 4 aliphatic rings. The van der Waals surface area contributed by atoms with E-state index in [0.29, 0.717) is 23.5 Å². The Morgan fingerprint density at radius 2 is 1.93 bits per heavy atom. The molecule has 0 aliphatic heterocycles. The molecule has 0 unspecified atom stereocenters. The van der Waals surface area contributed by atoms with Gasteiger partial charge in [-0.1, -0.05) is 48.9 Å². The van der Waals surface area contributed by atoms with Crippen molar-refractivity contribution in [1.82, 2.24) is 10.3 Å². The number of carbonyl (C=O) groups excluding carboxylic acids is 1. The normalized spacial score (nSPS) is 35.8. The lowest BCUT2D eigenvalue weighted by atomic mass is 9.47. The van der Waals surface area contributed by atoms with Crippen LogP contribution in [0.3, 0.4) is 0 Å². The van der Waals surface area contributed by atoms with Crippen molar-refractivity contribution in [2.75, 3.05) is 6.61 Å². The number of oxime groups is 1. The van der Waals surface area contributed by atoms with Gasteiger partial charge in [-0.15, -0.1) is 0 Å². The Morgan fingerprint density at radius 3 is 2.73 bits per heavy atom. The van der Waals surface area contributed by atoms with Gasteiger partial charge in [0.15, 0.2) is 6.61 Å². The fourth-order valence-electron chi connectivity index (χ4n) is 8.63. The second-order valence-electron chi connectivity index (χ2n) is 13.3. The van der Waals surface area contributed by atoms with Crippen LogP contribution in [-0.2, 0) is 20.8 Å². The number of aliphatic hydroxyl groups is 1. The molecule has 0 radical (unpaired) electrons. The largest absolute Gasteiger partial charge is 0.480 e. The highest BCUT2D eigenvalue weighted by Gasteiger charge is 2.62. The van der Waals surface area contributed by atoms with Crippen LogP contribution in [0.2, 0.25) is 0 Å². The third-order valence-corrected chi connectivity index (χ3v) is 11.2. The highest BCUT2D eigenvalue weighted by molar-refractivity contribution is 6.05. The number of para-hydroxylation sites is 1. The first kappa shape index (κ1) is 27.8. The number of aromatic amines is 1. The summed E-state index contributed by atoms with van der Waals surface area (Å²) in [5, 5.41) is 28.6. The van der Waals surface area contributed by atoms with Gasteiger partial charge in [0.05, 0.1) is 5.60 Å². The van der Waals surface area contributed by atoms with Crippen molar-refractivity contribution in [2.24, 2.45) is 33.7 Å². The van der Waals surface area contributed by atoms with Crippen LogP contribution in [0.25, 0.3) is 10.9 Å². The Labute approximate surface area is 240 Å². The molecule has 0 saturated heterocycles. The van der Waals surface area contributed by atoms with E-state index in [-0.39, 0.29) is 23.9 Å². The molecule has 8 nitrogen and oxygen atoms in total. The van der Waals surface area contributed by atoms with Crippen molar-refractivity contribution >= 4 is 28.5 Å². The zero-order valence-electron chi connectivity index (χ0n) is 24.2. The summed E-state index contributed by atoms with van der Waals surface area (Å²) in [6.45, 7) is 6.33. The molecule has 0 spiro atoms. The lowest BCUT2D eigenvalue weighted by molar-refractivity contribution is -0.142. The third kappa shape index (κ3) is 4.70. The van der Waals surface area contributed by atoms with Crippen LogP contribution in [-0.4, -0.2) is 51.0 Å². The molecule has 3 fully saturated rings. The van der Waals surface area contributed by atoms with Crippen molar-refractivity contribution < 1.29 is 24.6 Å². The predicted octanol–water partition coefficient (Wildman–Crippen LogP) is 5.14. The van der Waals surface area contributed by atoms with Crippen LogP contribution < -0.4 is 5.32 Å². The van der Waals surface area contributed by atoms with E-state index in [9.17, 15) is 19.8 Å². The minimum atomic E-state index is -1.10. The summed E-state index contributed by atoms with van der Waals surface area (Å²) in [5.41, 5.74) is 3.16. The van der Waals surface area contributed by atoms with Crippen molar-refractivity contribution in [3.8, 4) is 0 Å². The van der Waals surface area contributed by atoms with Crippen molar-refractivity contribution in [1.29, 1.82) is 0 Å². The van der Waals surface area contributed by atoms with Gasteiger partial charge in [0.2, 0.25) is 0 Å². The van der Waals surface area contributed by atoms with Crippen LogP contribution in [0, 0.1) is 28.6 Å². The molecule has 3 saturated carbocycles. The van der Waals surface area contributed by atoms with Crippen LogP contribution in [0.4, 0.5) is 0 Å². The molecule has 2 aromatic rings. The van der Waals surface area contributed by atoms with E-state index in [0.717, 1.165) is 55.0 Å². The SMILES string of the molecule is C[C@]12C=CC(=NOCC(=O)N[C@H](Cc3c[nH]c4ccccc34)C(=O)O)C=C1CC[C@H]1[C@H]3CC[C@](C)(O)[C@@]3(C)CC[C@@H]12. The second kappa shape index (κ2) is 10.2. The number of rotatable bonds is 7. The summed E-state index contributed by atoms with van der Waals surface area (Å²) in [5.74, 6) is 0.0834. The standard InChI is InChI=1S/C33H41N3O5/c1-31-13-10-22(17-21(31)8-9-24-25(31)11-14-32(2)26(24)12-15-33(32,3)40)36-41-19-29(37)35-28(30(38)39)16-20-18-34-27-7-5-4-6-23(20)27/h4-7,10,13,17-18,24-26,28,34,40H,8-9,11-12,14-16,19H2,1-3H3,(H,35,37)(H,38,39)/t24-,25+,26-,28-,31+,32+,33+/m1/s1. The van der Waals surface area contributed by atoms with Crippen molar-refractivity contribution in [3.05, 3.63) is 59.8 Å². The number of H-pyrrole nitrogens is 1. The molecule has 4 N–H and O–H groups in total. The number of nitrogens with one attached hydrogen (secondary N) is 2. The molecule has 1 heterocycles. The average molecular weight is 560 g/mol. The average Bonchev–Trinajstić information content (AvgIpc) is 3.45. The number of aromatic nitrogens is 1. The topological polar surface area (TPSA) is 124 Å². The van der Waals surface area contributed by atoms with Crippen LogP contribution in [0.15, 0.2) is 59.4 Å². The van der Waals surface area contributed by atoms with Crippen LogP contribution in [0.1, 0.15) is 64.9 Å². The van der Waals surface area contributed by atoms with E-state index in [1.165, 1.54) is 5.57 Å². The quantitative estimate of drug-likeness (QED) is 0.350. The highest BCUT2D eigenvalue weighted by atomic mass is 16.6. The Bertz CT molecular complexity index is 1450. The lowest BCUT2D eigenvalue weighted by Gasteiger charge is -2.58. The highest BCUT2D eigenvalue weighted by Crippen LogP contribution is 2.66. The van der Waals surface area contributed by atoms with Gasteiger partial charge in [-0.2, -0.15) is 0 Å². The molecule has 1 aromatic carbocycles. The maximum absolute atomic E-state index is 12.6. The molecular formula is C33H41N3O5. The van der Waals surface area contributed by atoms with Crippen molar-refractivity contribution in [3.63, 3.8) is 0 Å². The fourth-order valence-corrected chi connectivity index (χ4v) is 8.63. The molecule has 6 rings (SSSR count). The number of carbonyl (C=O) groups is 2. The van der Waals surface area contributed by atoms with E-state index in [1.54, 1.807) is 6.20 Å². The number of allylic oxidation sites excluding steroid dienone is 4. The Hall–Kier alpha value is -3.39. The summed E-state index contributed by atoms with van der Waals surface area (Å²) < 4.78 is 0. The Balaban J connectivity index is 1.07. The fraction of sp³-hybridized carbons (Fsp3) is 0.545. The van der Waals surface area contributed by atoms with Gasteiger partial charge in [0.25, 0.3) is 5.91 Å². The maximum atomic E-state index is 12.6. The number of carboxylic acid groups (broad SMARTS) is 1. The molecule has 218 valence electrons. The molecule has 41 heavy (non-hydrogen) atoms.